The molecule has 4 rings (SSSR count). The highest BCUT2D eigenvalue weighted by Crippen LogP contribution is 2.29. The largest absolute Gasteiger partial charge is 0.335 e. The number of pyridine rings is 1. The van der Waals surface area contributed by atoms with E-state index in [-0.39, 0.29) is 11.9 Å². The third-order valence-electron chi connectivity index (χ3n) is 6.07. The number of nitrogens with zero attached hydrogens (tertiary/aromatic N) is 5. The van der Waals surface area contributed by atoms with Gasteiger partial charge in [-0.15, -0.1) is 0 Å². The second-order valence-corrected chi connectivity index (χ2v) is 8.92. The van der Waals surface area contributed by atoms with Crippen LogP contribution in [-0.2, 0) is 6.42 Å². The molecule has 0 saturated carbocycles. The number of benzene rings is 1. The molecule has 0 unspecified atom stereocenters. The van der Waals surface area contributed by atoms with E-state index in [1.54, 1.807) is 17.2 Å². The summed E-state index contributed by atoms with van der Waals surface area (Å²) in [5.41, 5.74) is 4.24. The Labute approximate surface area is 188 Å². The minimum absolute atomic E-state index is 0.0502. The van der Waals surface area contributed by atoms with Crippen molar-refractivity contribution in [2.45, 2.75) is 52.5 Å². The summed E-state index contributed by atoms with van der Waals surface area (Å²) in [6, 6.07) is 9.88. The molecule has 31 heavy (non-hydrogen) atoms. The molecule has 1 saturated heterocycles. The Bertz CT molecular complexity index is 1060. The van der Waals surface area contributed by atoms with E-state index in [9.17, 15) is 4.79 Å². The van der Waals surface area contributed by atoms with Crippen molar-refractivity contribution >= 4 is 17.5 Å². The van der Waals surface area contributed by atoms with E-state index in [1.807, 2.05) is 44.2 Å². The van der Waals surface area contributed by atoms with Gasteiger partial charge in [-0.1, -0.05) is 30.2 Å². The molecule has 1 amide bonds. The van der Waals surface area contributed by atoms with Crippen LogP contribution in [0, 0.1) is 19.8 Å². The van der Waals surface area contributed by atoms with Crippen molar-refractivity contribution in [2.24, 2.45) is 5.92 Å². The number of likely N-dealkylation sites (tertiary alicyclic amines) is 1. The molecule has 0 bridgehead atoms. The van der Waals surface area contributed by atoms with E-state index in [2.05, 4.69) is 27.0 Å². The van der Waals surface area contributed by atoms with Crippen LogP contribution in [-0.4, -0.2) is 43.4 Å². The number of hydrogen-bond donors (Lipinski definition) is 0. The molecular formula is C24H28ClN5O. The summed E-state index contributed by atoms with van der Waals surface area (Å²) in [4.78, 5) is 21.8. The molecule has 0 radical (unpaired) electrons. The predicted molar refractivity (Wildman–Crippen MR) is 122 cm³/mol. The van der Waals surface area contributed by atoms with Gasteiger partial charge in [0.2, 0.25) is 0 Å². The Morgan fingerprint density at radius 3 is 2.74 bits per heavy atom. The van der Waals surface area contributed by atoms with Crippen molar-refractivity contribution in [1.29, 1.82) is 0 Å². The summed E-state index contributed by atoms with van der Waals surface area (Å²) in [6.45, 7) is 6.91. The van der Waals surface area contributed by atoms with Crippen LogP contribution in [0.2, 0.25) is 5.02 Å². The molecule has 1 fully saturated rings. The highest BCUT2D eigenvalue weighted by atomic mass is 35.5. The molecule has 2 aromatic heterocycles. The molecule has 3 aromatic rings. The van der Waals surface area contributed by atoms with Crippen molar-refractivity contribution in [3.63, 3.8) is 0 Å². The van der Waals surface area contributed by atoms with Gasteiger partial charge in [0.25, 0.3) is 5.91 Å². The molecule has 1 aliphatic rings. The van der Waals surface area contributed by atoms with Crippen LogP contribution in [0.5, 0.6) is 0 Å². The summed E-state index contributed by atoms with van der Waals surface area (Å²) in [5, 5.41) is 9.41. The molecule has 1 aromatic carbocycles. The first kappa shape index (κ1) is 21.5. The summed E-state index contributed by atoms with van der Waals surface area (Å²) >= 11 is 5.97. The average Bonchev–Trinajstić information content (AvgIpc) is 3.19. The van der Waals surface area contributed by atoms with Crippen LogP contribution in [0.25, 0.3) is 5.69 Å². The Balaban J connectivity index is 1.61. The highest BCUT2D eigenvalue weighted by molar-refractivity contribution is 6.30. The topological polar surface area (TPSA) is 63.9 Å². The number of piperidine rings is 1. The van der Waals surface area contributed by atoms with Crippen LogP contribution < -0.4 is 0 Å². The van der Waals surface area contributed by atoms with Gasteiger partial charge in [0.05, 0.1) is 28.2 Å². The zero-order valence-electron chi connectivity index (χ0n) is 18.3. The van der Waals surface area contributed by atoms with Gasteiger partial charge in [-0.3, -0.25) is 9.78 Å². The zero-order chi connectivity index (χ0) is 22.0. The standard InChI is InChI=1S/C24H28ClN5O/c1-16-6-10-23(30-27-14-18(3)28-30)21(13-16)24(31)29-12-4-5-17(2)22(29)11-9-20-8-7-19(25)15-26-20/h6-8,10,13-15,17,22H,4-5,9,11-12H2,1-3H3/t17-,22-/m1/s1. The van der Waals surface area contributed by atoms with Crippen LogP contribution in [0.4, 0.5) is 0 Å². The van der Waals surface area contributed by atoms with E-state index in [1.165, 1.54) is 0 Å². The van der Waals surface area contributed by atoms with Crippen molar-refractivity contribution in [1.82, 2.24) is 24.9 Å². The fraction of sp³-hybridized carbons (Fsp3) is 0.417. The lowest BCUT2D eigenvalue weighted by molar-refractivity contribution is 0.0498. The minimum Gasteiger partial charge on any atom is -0.335 e. The van der Waals surface area contributed by atoms with Gasteiger partial charge in [0.1, 0.15) is 0 Å². The SMILES string of the molecule is Cc1ccc(-n2ncc(C)n2)c(C(=O)N2CCC[C@@H](C)[C@H]2CCc2ccc(Cl)cn2)c1. The molecule has 162 valence electrons. The van der Waals surface area contributed by atoms with E-state index in [4.69, 9.17) is 11.6 Å². The van der Waals surface area contributed by atoms with Crippen LogP contribution in [0.1, 0.15) is 53.5 Å². The zero-order valence-corrected chi connectivity index (χ0v) is 19.0. The van der Waals surface area contributed by atoms with Crippen molar-refractivity contribution < 1.29 is 4.79 Å². The molecule has 0 spiro atoms. The monoisotopic (exact) mass is 437 g/mol. The lowest BCUT2D eigenvalue weighted by atomic mass is 9.86. The second-order valence-electron chi connectivity index (χ2n) is 8.49. The molecule has 1 aliphatic heterocycles. The van der Waals surface area contributed by atoms with Crippen LogP contribution >= 0.6 is 11.6 Å². The number of rotatable bonds is 5. The number of carbonyl (C=O) groups is 1. The Kier molecular flexibility index (Phi) is 6.37. The molecule has 0 N–H and O–H groups in total. The van der Waals surface area contributed by atoms with Gasteiger partial charge >= 0.3 is 0 Å². The number of amides is 1. The summed E-state index contributed by atoms with van der Waals surface area (Å²) in [6.07, 6.45) is 7.23. The lowest BCUT2D eigenvalue weighted by Gasteiger charge is -2.40. The molecule has 3 heterocycles. The first-order valence-electron chi connectivity index (χ1n) is 10.8. The molecule has 2 atom stereocenters. The van der Waals surface area contributed by atoms with Gasteiger partial charge in [0.15, 0.2) is 0 Å². The first-order chi connectivity index (χ1) is 14.9. The quantitative estimate of drug-likeness (QED) is 0.574. The fourth-order valence-corrected chi connectivity index (χ4v) is 4.51. The normalized spacial score (nSPS) is 18.9. The van der Waals surface area contributed by atoms with E-state index in [0.29, 0.717) is 16.5 Å². The minimum atomic E-state index is 0.0502. The lowest BCUT2D eigenvalue weighted by Crippen LogP contribution is -2.48. The fourth-order valence-electron chi connectivity index (χ4n) is 4.40. The van der Waals surface area contributed by atoms with E-state index in [0.717, 1.165) is 54.9 Å². The smallest absolute Gasteiger partial charge is 0.256 e. The van der Waals surface area contributed by atoms with Crippen molar-refractivity contribution in [2.75, 3.05) is 6.54 Å². The number of carbonyl (C=O) groups excluding carboxylic acids is 1. The third-order valence-corrected chi connectivity index (χ3v) is 6.29. The molecule has 6 nitrogen and oxygen atoms in total. The summed E-state index contributed by atoms with van der Waals surface area (Å²) in [5.74, 6) is 0.484. The Morgan fingerprint density at radius 2 is 2.03 bits per heavy atom. The predicted octanol–water partition coefficient (Wildman–Crippen LogP) is 4.81. The van der Waals surface area contributed by atoms with Gasteiger partial charge in [-0.2, -0.15) is 15.0 Å². The molecule has 0 aliphatic carbocycles. The Morgan fingerprint density at radius 1 is 1.19 bits per heavy atom. The number of aromatic nitrogens is 4. The van der Waals surface area contributed by atoms with Gasteiger partial charge in [-0.05, 0) is 69.7 Å². The second kappa shape index (κ2) is 9.18. The number of aryl methyl sites for hydroxylation is 3. The van der Waals surface area contributed by atoms with Gasteiger partial charge in [0, 0.05) is 24.5 Å². The van der Waals surface area contributed by atoms with Gasteiger partial charge in [-0.25, -0.2) is 0 Å². The van der Waals surface area contributed by atoms with Crippen molar-refractivity contribution in [3.8, 4) is 5.69 Å². The number of hydrogen-bond acceptors (Lipinski definition) is 4. The third kappa shape index (κ3) is 4.79. The van der Waals surface area contributed by atoms with E-state index >= 15 is 0 Å². The molecule has 7 heteroatoms. The van der Waals surface area contributed by atoms with Gasteiger partial charge < -0.3 is 4.90 Å². The van der Waals surface area contributed by atoms with E-state index < -0.39 is 0 Å². The first-order valence-corrected chi connectivity index (χ1v) is 11.2. The maximum atomic E-state index is 13.8. The van der Waals surface area contributed by atoms with Crippen molar-refractivity contribution in [3.05, 3.63) is 70.3 Å². The average molecular weight is 438 g/mol. The molecular weight excluding hydrogens is 410 g/mol. The van der Waals surface area contributed by atoms with Crippen LogP contribution in [0.15, 0.2) is 42.7 Å². The Hall–Kier alpha value is -2.73. The van der Waals surface area contributed by atoms with Crippen LogP contribution in [0.3, 0.4) is 0 Å². The maximum Gasteiger partial charge on any atom is 0.256 e. The highest BCUT2D eigenvalue weighted by Gasteiger charge is 2.33. The number of halogens is 1. The summed E-state index contributed by atoms with van der Waals surface area (Å²) < 4.78 is 0. The summed E-state index contributed by atoms with van der Waals surface area (Å²) in [7, 11) is 0. The maximum absolute atomic E-state index is 13.8.